The van der Waals surface area contributed by atoms with Gasteiger partial charge in [-0.05, 0) is 38.9 Å². The van der Waals surface area contributed by atoms with E-state index in [0.29, 0.717) is 12.3 Å². The van der Waals surface area contributed by atoms with Gasteiger partial charge in [-0.25, -0.2) is 0 Å². The molecule has 0 bridgehead atoms. The quantitative estimate of drug-likeness (QED) is 0.666. The van der Waals surface area contributed by atoms with Gasteiger partial charge in [0.25, 0.3) is 0 Å². The second kappa shape index (κ2) is 8.52. The minimum Gasteiger partial charge on any atom is -0.343 e. The van der Waals surface area contributed by atoms with E-state index in [2.05, 4.69) is 51.6 Å². The number of carbonyl (C=O) groups excluding carboxylic acids is 1. The fourth-order valence-electron chi connectivity index (χ4n) is 1.85. The summed E-state index contributed by atoms with van der Waals surface area (Å²) >= 11 is 0. The van der Waals surface area contributed by atoms with Crippen LogP contribution < -0.4 is 0 Å². The summed E-state index contributed by atoms with van der Waals surface area (Å²) < 4.78 is 0. The lowest BCUT2D eigenvalue weighted by Gasteiger charge is -2.27. The average Bonchev–Trinajstić information content (AvgIpc) is 2.19. The zero-order valence-electron chi connectivity index (χ0n) is 13.3. The molecule has 0 saturated heterocycles. The van der Waals surface area contributed by atoms with Crippen molar-refractivity contribution in [1.29, 1.82) is 0 Å². The van der Waals surface area contributed by atoms with Crippen molar-refractivity contribution in [3.05, 3.63) is 0 Å². The van der Waals surface area contributed by atoms with Gasteiger partial charge in [0.2, 0.25) is 5.91 Å². The Kier molecular flexibility index (Phi) is 8.25. The maximum absolute atomic E-state index is 12.3. The Morgan fingerprint density at radius 1 is 1.00 bits per heavy atom. The third-order valence-corrected chi connectivity index (χ3v) is 2.85. The average molecular weight is 256 g/mol. The molecule has 0 radical (unpaired) electrons. The van der Waals surface area contributed by atoms with Crippen LogP contribution in [-0.4, -0.2) is 49.4 Å². The second-order valence-electron chi connectivity index (χ2n) is 6.63. The van der Waals surface area contributed by atoms with Crippen LogP contribution in [0.25, 0.3) is 0 Å². The summed E-state index contributed by atoms with van der Waals surface area (Å²) in [5.74, 6) is 0.315. The molecule has 0 unspecified atom stereocenters. The highest BCUT2D eigenvalue weighted by Gasteiger charge is 2.20. The van der Waals surface area contributed by atoms with Crippen molar-refractivity contribution in [3.8, 4) is 0 Å². The van der Waals surface area contributed by atoms with Gasteiger partial charge in [0.1, 0.15) is 0 Å². The maximum Gasteiger partial charge on any atom is 0.223 e. The van der Waals surface area contributed by atoms with Crippen LogP contribution in [-0.2, 0) is 4.79 Å². The molecule has 18 heavy (non-hydrogen) atoms. The van der Waals surface area contributed by atoms with Gasteiger partial charge in [-0.1, -0.05) is 34.1 Å². The second-order valence-corrected chi connectivity index (χ2v) is 6.63. The van der Waals surface area contributed by atoms with Crippen molar-refractivity contribution < 1.29 is 4.79 Å². The lowest BCUT2D eigenvalue weighted by atomic mass is 9.91. The summed E-state index contributed by atoms with van der Waals surface area (Å²) in [6.07, 6.45) is 3.97. The molecule has 3 nitrogen and oxygen atoms in total. The highest BCUT2D eigenvalue weighted by Crippen LogP contribution is 2.20. The van der Waals surface area contributed by atoms with Crippen LogP contribution in [0.1, 0.15) is 53.4 Å². The summed E-state index contributed by atoms with van der Waals surface area (Å²) in [5.41, 5.74) is 0.0864. The van der Waals surface area contributed by atoms with E-state index in [1.165, 1.54) is 0 Å². The van der Waals surface area contributed by atoms with E-state index >= 15 is 0 Å². The van der Waals surface area contributed by atoms with Gasteiger partial charge >= 0.3 is 0 Å². The van der Waals surface area contributed by atoms with Crippen molar-refractivity contribution in [1.82, 2.24) is 9.80 Å². The smallest absolute Gasteiger partial charge is 0.223 e. The zero-order chi connectivity index (χ0) is 14.2. The molecule has 0 rings (SSSR count). The van der Waals surface area contributed by atoms with Crippen LogP contribution in [0.3, 0.4) is 0 Å². The number of unbranched alkanes of at least 4 members (excludes halogenated alkanes) is 1. The Morgan fingerprint density at radius 3 is 2.00 bits per heavy atom. The first-order valence-corrected chi connectivity index (χ1v) is 7.19. The van der Waals surface area contributed by atoms with Gasteiger partial charge in [-0.15, -0.1) is 0 Å². The van der Waals surface area contributed by atoms with Crippen LogP contribution in [0, 0.1) is 5.41 Å². The minimum atomic E-state index is 0.0864. The van der Waals surface area contributed by atoms with Crippen LogP contribution in [0.15, 0.2) is 0 Å². The molecule has 0 aromatic carbocycles. The number of hydrogen-bond donors (Lipinski definition) is 0. The highest BCUT2D eigenvalue weighted by atomic mass is 16.2. The zero-order valence-corrected chi connectivity index (χ0v) is 13.3. The maximum atomic E-state index is 12.3. The van der Waals surface area contributed by atoms with Crippen molar-refractivity contribution in [2.24, 2.45) is 5.41 Å². The fourth-order valence-corrected chi connectivity index (χ4v) is 1.85. The standard InChI is InChI=1S/C15H32N2O/c1-7-8-11-17(12-9-10-16(5)6)14(18)13-15(2,3)4/h7-13H2,1-6H3. The van der Waals surface area contributed by atoms with E-state index in [4.69, 9.17) is 0 Å². The van der Waals surface area contributed by atoms with E-state index in [1.807, 2.05) is 0 Å². The van der Waals surface area contributed by atoms with Gasteiger partial charge in [0, 0.05) is 19.5 Å². The Bertz CT molecular complexity index is 231. The molecular formula is C15H32N2O. The molecule has 0 aromatic rings. The van der Waals surface area contributed by atoms with E-state index in [-0.39, 0.29) is 5.41 Å². The van der Waals surface area contributed by atoms with Gasteiger partial charge in [0.05, 0.1) is 0 Å². The van der Waals surface area contributed by atoms with Crippen LogP contribution in [0.4, 0.5) is 0 Å². The van der Waals surface area contributed by atoms with Gasteiger partial charge in [-0.3, -0.25) is 4.79 Å². The lowest BCUT2D eigenvalue weighted by Crippen LogP contribution is -2.36. The monoisotopic (exact) mass is 256 g/mol. The Labute approximate surface area is 114 Å². The number of carbonyl (C=O) groups is 1. The summed E-state index contributed by atoms with van der Waals surface area (Å²) in [4.78, 5) is 16.5. The van der Waals surface area contributed by atoms with Gasteiger partial charge in [0.15, 0.2) is 0 Å². The molecule has 0 heterocycles. The number of rotatable bonds is 8. The number of amides is 1. The van der Waals surface area contributed by atoms with Crippen LogP contribution in [0.2, 0.25) is 0 Å². The van der Waals surface area contributed by atoms with Crippen molar-refractivity contribution in [2.75, 3.05) is 33.7 Å². The normalized spacial score (nSPS) is 11.9. The summed E-state index contributed by atoms with van der Waals surface area (Å²) in [7, 11) is 4.15. The van der Waals surface area contributed by atoms with Crippen molar-refractivity contribution in [3.63, 3.8) is 0 Å². The minimum absolute atomic E-state index is 0.0864. The molecule has 0 spiro atoms. The van der Waals surface area contributed by atoms with E-state index in [9.17, 15) is 4.79 Å². The molecular weight excluding hydrogens is 224 g/mol. The van der Waals surface area contributed by atoms with Crippen molar-refractivity contribution in [2.45, 2.75) is 53.4 Å². The fraction of sp³-hybridized carbons (Fsp3) is 0.933. The molecule has 0 aliphatic rings. The topological polar surface area (TPSA) is 23.6 Å². The third-order valence-electron chi connectivity index (χ3n) is 2.85. The largest absolute Gasteiger partial charge is 0.343 e. The first-order chi connectivity index (χ1) is 8.26. The molecule has 3 heteroatoms. The molecule has 0 aromatic heterocycles. The van der Waals surface area contributed by atoms with Gasteiger partial charge in [-0.2, -0.15) is 0 Å². The molecule has 0 N–H and O–H groups in total. The first-order valence-electron chi connectivity index (χ1n) is 7.19. The highest BCUT2D eigenvalue weighted by molar-refractivity contribution is 5.76. The molecule has 0 fully saturated rings. The van der Waals surface area contributed by atoms with Crippen molar-refractivity contribution >= 4 is 5.91 Å². The van der Waals surface area contributed by atoms with Crippen LogP contribution >= 0.6 is 0 Å². The third kappa shape index (κ3) is 9.46. The van der Waals surface area contributed by atoms with E-state index in [1.54, 1.807) is 0 Å². The molecule has 0 aliphatic heterocycles. The van der Waals surface area contributed by atoms with E-state index in [0.717, 1.165) is 38.9 Å². The lowest BCUT2D eigenvalue weighted by molar-refractivity contribution is -0.133. The molecule has 0 aliphatic carbocycles. The molecule has 0 saturated carbocycles. The molecule has 1 amide bonds. The van der Waals surface area contributed by atoms with E-state index < -0.39 is 0 Å². The number of hydrogen-bond acceptors (Lipinski definition) is 2. The first kappa shape index (κ1) is 17.4. The SMILES string of the molecule is CCCCN(CCCN(C)C)C(=O)CC(C)(C)C. The number of nitrogens with zero attached hydrogens (tertiary/aromatic N) is 2. The Morgan fingerprint density at radius 2 is 1.56 bits per heavy atom. The molecule has 108 valence electrons. The summed E-state index contributed by atoms with van der Waals surface area (Å²) in [5, 5.41) is 0. The predicted octanol–water partition coefficient (Wildman–Crippen LogP) is 3.00. The Hall–Kier alpha value is -0.570. The predicted molar refractivity (Wildman–Crippen MR) is 78.7 cm³/mol. The summed E-state index contributed by atoms with van der Waals surface area (Å²) in [6, 6.07) is 0. The Balaban J connectivity index is 4.24. The molecule has 0 atom stereocenters. The summed E-state index contributed by atoms with van der Waals surface area (Å²) in [6.45, 7) is 11.4. The van der Waals surface area contributed by atoms with Crippen LogP contribution in [0.5, 0.6) is 0 Å². The van der Waals surface area contributed by atoms with Gasteiger partial charge < -0.3 is 9.80 Å².